The maximum atomic E-state index is 11.9. The number of aromatic nitrogens is 1. The van der Waals surface area contributed by atoms with Crippen molar-refractivity contribution in [3.63, 3.8) is 0 Å². The summed E-state index contributed by atoms with van der Waals surface area (Å²) in [5, 5.41) is 13.8. The van der Waals surface area contributed by atoms with Crippen LogP contribution in [0, 0.1) is 6.92 Å². The third kappa shape index (κ3) is 4.29. The van der Waals surface area contributed by atoms with Gasteiger partial charge in [0.25, 0.3) is 0 Å². The fraction of sp³-hybridized carbons (Fsp3) is 0.308. The highest BCUT2D eigenvalue weighted by atomic mass is 32.2. The number of carboxylic acids is 1. The third-order valence-corrected chi connectivity index (χ3v) is 5.99. The zero-order chi connectivity index (χ0) is 15.4. The summed E-state index contributed by atoms with van der Waals surface area (Å²) in [4.78, 5) is 28.3. The van der Waals surface area contributed by atoms with Crippen LogP contribution in [-0.4, -0.2) is 27.7 Å². The maximum Gasteiger partial charge on any atom is 0.347 e. The van der Waals surface area contributed by atoms with Crippen LogP contribution in [-0.2, 0) is 4.79 Å². The number of thiazole rings is 1. The van der Waals surface area contributed by atoms with Crippen molar-refractivity contribution >= 4 is 46.3 Å². The van der Waals surface area contributed by atoms with Crippen LogP contribution in [0.3, 0.4) is 0 Å². The molecule has 2 rings (SSSR count). The molecule has 0 aromatic carbocycles. The highest BCUT2D eigenvalue weighted by Gasteiger charge is 2.16. The highest BCUT2D eigenvalue weighted by Crippen LogP contribution is 2.27. The molecule has 0 fully saturated rings. The quantitative estimate of drug-likeness (QED) is 0.788. The van der Waals surface area contributed by atoms with Gasteiger partial charge in [-0.15, -0.1) is 22.7 Å². The first-order chi connectivity index (χ1) is 9.97. The van der Waals surface area contributed by atoms with Gasteiger partial charge in [-0.25, -0.2) is 9.78 Å². The molecule has 2 aromatic heterocycles. The normalized spacial score (nSPS) is 12.1. The lowest BCUT2D eigenvalue weighted by Gasteiger charge is -2.11. The summed E-state index contributed by atoms with van der Waals surface area (Å²) >= 11 is 3.96. The van der Waals surface area contributed by atoms with Gasteiger partial charge >= 0.3 is 5.97 Å². The van der Waals surface area contributed by atoms with Gasteiger partial charge in [-0.1, -0.05) is 17.8 Å². The number of carbonyl (C=O) groups is 2. The van der Waals surface area contributed by atoms with E-state index in [2.05, 4.69) is 10.3 Å². The smallest absolute Gasteiger partial charge is 0.347 e. The van der Waals surface area contributed by atoms with E-state index in [1.165, 1.54) is 11.8 Å². The molecule has 8 heteroatoms. The second-order valence-electron chi connectivity index (χ2n) is 4.29. The topological polar surface area (TPSA) is 79.3 Å². The van der Waals surface area contributed by atoms with Gasteiger partial charge in [-0.05, 0) is 25.3 Å². The number of nitrogens with zero attached hydrogens (tertiary/aromatic N) is 1. The van der Waals surface area contributed by atoms with Gasteiger partial charge in [-0.3, -0.25) is 4.79 Å². The Labute approximate surface area is 134 Å². The lowest BCUT2D eigenvalue weighted by molar-refractivity contribution is -0.119. The van der Waals surface area contributed by atoms with Gasteiger partial charge in [0.15, 0.2) is 4.34 Å². The summed E-state index contributed by atoms with van der Waals surface area (Å²) in [6, 6.07) is 3.90. The Morgan fingerprint density at radius 3 is 2.86 bits per heavy atom. The van der Waals surface area contributed by atoms with E-state index in [1.54, 1.807) is 18.3 Å². The van der Waals surface area contributed by atoms with E-state index in [0.717, 1.165) is 16.2 Å². The maximum absolute atomic E-state index is 11.9. The standard InChI is InChI=1S/C13H14N2O3S3/c1-7(9-4-3-5-19-9)14-10(16)6-20-13-15-8(2)11(21-13)12(17)18/h3-5,7H,6H2,1-2H3,(H,14,16)(H,17,18). The number of nitrogens with one attached hydrogen (secondary N) is 1. The summed E-state index contributed by atoms with van der Waals surface area (Å²) in [5.74, 6) is -0.847. The van der Waals surface area contributed by atoms with Gasteiger partial charge in [0.05, 0.1) is 17.5 Å². The first-order valence-corrected chi connectivity index (χ1v) is 8.82. The summed E-state index contributed by atoms with van der Waals surface area (Å²) in [7, 11) is 0. The van der Waals surface area contributed by atoms with E-state index in [9.17, 15) is 9.59 Å². The average molecular weight is 342 g/mol. The van der Waals surface area contributed by atoms with Crippen molar-refractivity contribution in [3.05, 3.63) is 33.0 Å². The van der Waals surface area contributed by atoms with E-state index in [-0.39, 0.29) is 22.6 Å². The number of thiophene rings is 1. The highest BCUT2D eigenvalue weighted by molar-refractivity contribution is 8.01. The number of aryl methyl sites for hydroxylation is 1. The van der Waals surface area contributed by atoms with Crippen molar-refractivity contribution in [2.24, 2.45) is 0 Å². The summed E-state index contributed by atoms with van der Waals surface area (Å²) in [5.41, 5.74) is 0.488. The van der Waals surface area contributed by atoms with Crippen molar-refractivity contribution in [1.82, 2.24) is 10.3 Å². The van der Waals surface area contributed by atoms with Crippen LogP contribution < -0.4 is 5.32 Å². The second kappa shape index (κ2) is 7.06. The lowest BCUT2D eigenvalue weighted by atomic mass is 10.3. The summed E-state index contributed by atoms with van der Waals surface area (Å²) < 4.78 is 0.601. The largest absolute Gasteiger partial charge is 0.477 e. The number of hydrogen-bond donors (Lipinski definition) is 2. The molecule has 5 nitrogen and oxygen atoms in total. The van der Waals surface area contributed by atoms with Gasteiger partial charge in [0.2, 0.25) is 5.91 Å². The van der Waals surface area contributed by atoms with Crippen LogP contribution in [0.1, 0.15) is 33.2 Å². The molecule has 0 radical (unpaired) electrons. The minimum atomic E-state index is -0.979. The minimum Gasteiger partial charge on any atom is -0.477 e. The second-order valence-corrected chi connectivity index (χ2v) is 7.49. The Bertz CT molecular complexity index is 637. The Morgan fingerprint density at radius 2 is 2.29 bits per heavy atom. The van der Waals surface area contributed by atoms with Crippen molar-refractivity contribution in [2.45, 2.75) is 24.2 Å². The molecule has 0 aliphatic carbocycles. The van der Waals surface area contributed by atoms with Crippen LogP contribution in [0.2, 0.25) is 0 Å². The third-order valence-electron chi connectivity index (χ3n) is 2.65. The zero-order valence-electron chi connectivity index (χ0n) is 11.5. The SMILES string of the molecule is Cc1nc(SCC(=O)NC(C)c2cccs2)sc1C(=O)O. The minimum absolute atomic E-state index is 0.0225. The molecule has 2 N–H and O–H groups in total. The number of hydrogen-bond acceptors (Lipinski definition) is 6. The molecular formula is C13H14N2O3S3. The van der Waals surface area contributed by atoms with Gasteiger partial charge in [0, 0.05) is 4.88 Å². The molecule has 0 aliphatic rings. The Hall–Kier alpha value is -1.38. The van der Waals surface area contributed by atoms with E-state index >= 15 is 0 Å². The van der Waals surface area contributed by atoms with Crippen LogP contribution in [0.5, 0.6) is 0 Å². The van der Waals surface area contributed by atoms with E-state index in [4.69, 9.17) is 5.11 Å². The van der Waals surface area contributed by atoms with E-state index < -0.39 is 5.97 Å². The Kier molecular flexibility index (Phi) is 5.38. The van der Waals surface area contributed by atoms with Crippen LogP contribution in [0.25, 0.3) is 0 Å². The van der Waals surface area contributed by atoms with Crippen LogP contribution in [0.4, 0.5) is 0 Å². The lowest BCUT2D eigenvalue weighted by Crippen LogP contribution is -2.27. The molecule has 1 amide bonds. The first-order valence-electron chi connectivity index (χ1n) is 6.13. The predicted octanol–water partition coefficient (Wildman–Crippen LogP) is 3.18. The molecule has 0 aliphatic heterocycles. The fourth-order valence-electron chi connectivity index (χ4n) is 1.65. The first kappa shape index (κ1) is 16.0. The van der Waals surface area contributed by atoms with E-state index in [1.807, 2.05) is 24.4 Å². The molecule has 2 heterocycles. The average Bonchev–Trinajstić information content (AvgIpc) is 3.05. The molecule has 1 atom stereocenters. The monoisotopic (exact) mass is 342 g/mol. The summed E-state index contributed by atoms with van der Waals surface area (Å²) in [6.45, 7) is 3.59. The molecule has 112 valence electrons. The Morgan fingerprint density at radius 1 is 1.52 bits per heavy atom. The number of carbonyl (C=O) groups excluding carboxylic acids is 1. The van der Waals surface area contributed by atoms with E-state index in [0.29, 0.717) is 10.0 Å². The number of thioether (sulfide) groups is 1. The molecule has 0 saturated heterocycles. The number of amides is 1. The summed E-state index contributed by atoms with van der Waals surface area (Å²) in [6.07, 6.45) is 0. The van der Waals surface area contributed by atoms with Crippen molar-refractivity contribution in [2.75, 3.05) is 5.75 Å². The van der Waals surface area contributed by atoms with Crippen LogP contribution >= 0.6 is 34.4 Å². The van der Waals surface area contributed by atoms with Gasteiger partial charge in [0.1, 0.15) is 4.88 Å². The van der Waals surface area contributed by atoms with Gasteiger partial charge in [-0.2, -0.15) is 0 Å². The molecule has 0 saturated carbocycles. The molecule has 21 heavy (non-hydrogen) atoms. The molecular weight excluding hydrogens is 328 g/mol. The number of carboxylic acid groups (broad SMARTS) is 1. The number of aromatic carboxylic acids is 1. The van der Waals surface area contributed by atoms with Crippen molar-refractivity contribution < 1.29 is 14.7 Å². The van der Waals surface area contributed by atoms with Crippen molar-refractivity contribution in [1.29, 1.82) is 0 Å². The molecule has 0 spiro atoms. The van der Waals surface area contributed by atoms with Crippen molar-refractivity contribution in [3.8, 4) is 0 Å². The number of rotatable bonds is 6. The molecule has 0 bridgehead atoms. The van der Waals surface area contributed by atoms with Crippen LogP contribution in [0.15, 0.2) is 21.9 Å². The molecule has 1 unspecified atom stereocenters. The zero-order valence-corrected chi connectivity index (χ0v) is 13.9. The fourth-order valence-corrected chi connectivity index (χ4v) is 4.23. The predicted molar refractivity (Wildman–Crippen MR) is 85.4 cm³/mol. The molecule has 2 aromatic rings. The van der Waals surface area contributed by atoms with Gasteiger partial charge < -0.3 is 10.4 Å². The Balaban J connectivity index is 1.86.